The Balaban J connectivity index is 0.950. The van der Waals surface area contributed by atoms with Crippen molar-refractivity contribution in [1.82, 2.24) is 15.7 Å². The van der Waals surface area contributed by atoms with Gasteiger partial charge in [-0.1, -0.05) is 48.6 Å². The molecule has 4 aliphatic heterocycles. The Labute approximate surface area is 326 Å². The summed E-state index contributed by atoms with van der Waals surface area (Å²) >= 11 is 0. The van der Waals surface area contributed by atoms with Crippen LogP contribution in [-0.2, 0) is 56.0 Å². The van der Waals surface area contributed by atoms with E-state index in [1.165, 1.54) is 0 Å². The van der Waals surface area contributed by atoms with E-state index in [-0.39, 0.29) is 51.7 Å². The minimum absolute atomic E-state index is 0.00150. The maximum atomic E-state index is 14.5. The van der Waals surface area contributed by atoms with E-state index in [0.717, 1.165) is 30.4 Å². The fourth-order valence-electron chi connectivity index (χ4n) is 9.00. The lowest BCUT2D eigenvalue weighted by Gasteiger charge is -2.48. The van der Waals surface area contributed by atoms with Gasteiger partial charge < -0.3 is 39.4 Å². The SMILES string of the molecule is CC(C)(C)OC(=O)CCC(CO)NC(=O)c1cccc(CNC(=O)C23CC4OC(=O)C2N(Cc2cccc(C=CC5CCC6OC6C5)c2)OC3C2OCOC42)c1. The van der Waals surface area contributed by atoms with Crippen LogP contribution in [0.5, 0.6) is 0 Å². The van der Waals surface area contributed by atoms with Crippen LogP contribution in [0.1, 0.15) is 86.3 Å². The fraction of sp³-hybridized carbons (Fsp3) is 0.571. The van der Waals surface area contributed by atoms with E-state index in [0.29, 0.717) is 29.3 Å². The summed E-state index contributed by atoms with van der Waals surface area (Å²) in [5.41, 5.74) is 0.953. The van der Waals surface area contributed by atoms with Gasteiger partial charge in [0.2, 0.25) is 5.91 Å². The van der Waals surface area contributed by atoms with E-state index in [1.54, 1.807) is 50.1 Å². The molecule has 2 aromatic carbocycles. The quantitative estimate of drug-likeness (QED) is 0.201. The number of nitrogens with zero attached hydrogens (tertiary/aromatic N) is 1. The number of aliphatic hydroxyl groups excluding tert-OH is 1. The minimum atomic E-state index is -1.33. The average Bonchev–Trinajstić information content (AvgIpc) is 3.60. The molecule has 6 aliphatic rings. The van der Waals surface area contributed by atoms with Crippen molar-refractivity contribution in [2.24, 2.45) is 11.3 Å². The number of hydrogen-bond donors (Lipinski definition) is 3. The van der Waals surface area contributed by atoms with E-state index in [2.05, 4.69) is 28.9 Å². The molecule has 2 amide bonds. The molecule has 56 heavy (non-hydrogen) atoms. The highest BCUT2D eigenvalue weighted by Crippen LogP contribution is 2.55. The number of carbonyl (C=O) groups is 4. The van der Waals surface area contributed by atoms with Crippen molar-refractivity contribution in [3.63, 3.8) is 0 Å². The van der Waals surface area contributed by atoms with Crippen LogP contribution in [0.3, 0.4) is 0 Å². The minimum Gasteiger partial charge on any atom is -0.460 e. The molecule has 2 aliphatic carbocycles. The van der Waals surface area contributed by atoms with Gasteiger partial charge in [-0.25, -0.2) is 0 Å². The Morgan fingerprint density at radius 3 is 2.64 bits per heavy atom. The number of allylic oxidation sites excluding steroid dienone is 1. The van der Waals surface area contributed by atoms with Crippen molar-refractivity contribution >= 4 is 29.8 Å². The van der Waals surface area contributed by atoms with Crippen LogP contribution in [0.15, 0.2) is 54.6 Å². The number of benzene rings is 2. The number of carbonyl (C=O) groups excluding carboxylic acids is 4. The molecule has 2 saturated carbocycles. The third-order valence-corrected chi connectivity index (χ3v) is 11.7. The molecule has 300 valence electrons. The number of ether oxygens (including phenoxy) is 5. The first-order valence-electron chi connectivity index (χ1n) is 19.7. The second kappa shape index (κ2) is 15.6. The number of hydrogen-bond acceptors (Lipinski definition) is 12. The summed E-state index contributed by atoms with van der Waals surface area (Å²) in [5, 5.41) is 17.3. The van der Waals surface area contributed by atoms with Gasteiger partial charge in [0.05, 0.1) is 31.4 Å². The molecular formula is C42H51N3O11. The highest BCUT2D eigenvalue weighted by Gasteiger charge is 2.74. The molecule has 10 unspecified atom stereocenters. The number of epoxide rings is 1. The van der Waals surface area contributed by atoms with Crippen LogP contribution in [0.25, 0.3) is 6.08 Å². The summed E-state index contributed by atoms with van der Waals surface area (Å²) < 4.78 is 28.8. The van der Waals surface area contributed by atoms with Gasteiger partial charge in [-0.2, -0.15) is 5.06 Å². The number of fused-ring (bicyclic) bond motifs is 5. The first-order valence-corrected chi connectivity index (χ1v) is 19.7. The smallest absolute Gasteiger partial charge is 0.327 e. The second-order valence-electron chi connectivity index (χ2n) is 16.9. The molecule has 4 heterocycles. The summed E-state index contributed by atoms with van der Waals surface area (Å²) in [6.07, 6.45) is 6.31. The van der Waals surface area contributed by atoms with Gasteiger partial charge in [0.15, 0.2) is 6.04 Å². The zero-order valence-corrected chi connectivity index (χ0v) is 32.0. The van der Waals surface area contributed by atoms with E-state index in [9.17, 15) is 24.3 Å². The molecule has 0 aromatic heterocycles. The monoisotopic (exact) mass is 773 g/mol. The van der Waals surface area contributed by atoms with Crippen molar-refractivity contribution < 1.29 is 52.8 Å². The van der Waals surface area contributed by atoms with Crippen LogP contribution in [0.2, 0.25) is 0 Å². The number of nitrogens with one attached hydrogen (secondary N) is 2. The Hall–Kier alpha value is -4.18. The van der Waals surface area contributed by atoms with Gasteiger partial charge in [-0.15, -0.1) is 0 Å². The molecule has 14 heteroatoms. The standard InChI is InChI=1S/C42H51N3O11/c1-41(2,3)55-33(47)15-13-29(22-46)44-38(48)28-9-5-7-26(17-28)20-43-40(50)42-19-32-34-35(52-23-51-34)37(42)56-45(36(42)39(49)54-32)21-27-8-4-6-24(16-27)10-11-25-12-14-30-31(18-25)53-30/h4-11,16-17,25,29-32,34-37,46H,12-15,18-23H2,1-3H3,(H,43,50)(H,44,48). The number of hydroxylamine groups is 2. The summed E-state index contributed by atoms with van der Waals surface area (Å²) in [6, 6.07) is 13.1. The Morgan fingerprint density at radius 2 is 1.84 bits per heavy atom. The van der Waals surface area contributed by atoms with Crippen LogP contribution in [0, 0.1) is 11.3 Å². The van der Waals surface area contributed by atoms with E-state index in [4.69, 9.17) is 28.5 Å². The predicted molar refractivity (Wildman–Crippen MR) is 199 cm³/mol. The Morgan fingerprint density at radius 1 is 1.04 bits per heavy atom. The van der Waals surface area contributed by atoms with Crippen molar-refractivity contribution in [1.29, 1.82) is 0 Å². The Bertz CT molecular complexity index is 1860. The van der Waals surface area contributed by atoms with E-state index >= 15 is 0 Å². The molecule has 14 nitrogen and oxygen atoms in total. The topological polar surface area (TPSA) is 174 Å². The van der Waals surface area contributed by atoms with Crippen molar-refractivity contribution in [2.75, 3.05) is 13.4 Å². The fourth-order valence-corrected chi connectivity index (χ4v) is 9.00. The summed E-state index contributed by atoms with van der Waals surface area (Å²) in [7, 11) is 0. The molecule has 8 rings (SSSR count). The lowest BCUT2D eigenvalue weighted by molar-refractivity contribution is -0.201. The van der Waals surface area contributed by atoms with Crippen LogP contribution < -0.4 is 10.6 Å². The highest BCUT2D eigenvalue weighted by molar-refractivity contribution is 5.95. The third kappa shape index (κ3) is 8.00. The third-order valence-electron chi connectivity index (χ3n) is 11.7. The molecule has 0 radical (unpaired) electrons. The first-order chi connectivity index (χ1) is 26.9. The summed E-state index contributed by atoms with van der Waals surface area (Å²) in [6.45, 7) is 5.28. The van der Waals surface area contributed by atoms with Gasteiger partial charge in [0.1, 0.15) is 42.2 Å². The maximum Gasteiger partial charge on any atom is 0.327 e. The van der Waals surface area contributed by atoms with E-state index in [1.807, 2.05) is 18.2 Å². The Kier molecular flexibility index (Phi) is 10.8. The van der Waals surface area contributed by atoms with Crippen molar-refractivity contribution in [3.05, 3.63) is 76.9 Å². The number of esters is 2. The van der Waals surface area contributed by atoms with Crippen LogP contribution >= 0.6 is 0 Å². The number of aliphatic hydroxyl groups is 1. The van der Waals surface area contributed by atoms with E-state index < -0.39 is 65.4 Å². The van der Waals surface area contributed by atoms with Gasteiger partial charge in [0, 0.05) is 24.9 Å². The molecule has 0 spiro atoms. The predicted octanol–water partition coefficient (Wildman–Crippen LogP) is 3.34. The van der Waals surface area contributed by atoms with Crippen molar-refractivity contribution in [3.8, 4) is 0 Å². The van der Waals surface area contributed by atoms with Gasteiger partial charge in [-0.3, -0.25) is 24.0 Å². The summed E-state index contributed by atoms with van der Waals surface area (Å²) in [4.78, 5) is 60.4. The van der Waals surface area contributed by atoms with Gasteiger partial charge in [-0.05, 0) is 81.2 Å². The molecule has 4 saturated heterocycles. The van der Waals surface area contributed by atoms with Gasteiger partial charge >= 0.3 is 11.9 Å². The highest BCUT2D eigenvalue weighted by atomic mass is 16.8. The van der Waals surface area contributed by atoms with Gasteiger partial charge in [0.25, 0.3) is 5.91 Å². The molecule has 2 aromatic rings. The molecule has 6 fully saturated rings. The lowest BCUT2D eigenvalue weighted by atomic mass is 9.62. The maximum absolute atomic E-state index is 14.5. The summed E-state index contributed by atoms with van der Waals surface area (Å²) in [5.74, 6) is -1.30. The molecule has 2 bridgehead atoms. The molecule has 3 N–H and O–H groups in total. The molecule has 10 atom stereocenters. The van der Waals surface area contributed by atoms with Crippen molar-refractivity contribution in [2.45, 2.75) is 127 Å². The lowest BCUT2D eigenvalue weighted by Crippen LogP contribution is -2.69. The van der Waals surface area contributed by atoms with Crippen LogP contribution in [-0.4, -0.2) is 102 Å². The van der Waals surface area contributed by atoms with Crippen LogP contribution in [0.4, 0.5) is 0 Å². The zero-order valence-electron chi connectivity index (χ0n) is 32.0. The normalized spacial score (nSPS) is 32.2. The average molecular weight is 774 g/mol. The zero-order chi connectivity index (χ0) is 39.2. The number of rotatable bonds is 13. The number of amides is 2. The first kappa shape index (κ1) is 38.7. The largest absolute Gasteiger partial charge is 0.460 e. The molecular weight excluding hydrogens is 722 g/mol. The second-order valence-corrected chi connectivity index (χ2v) is 16.9.